The minimum Gasteiger partial charge on any atom is -0.490 e. The maximum atomic E-state index is 10.2. The quantitative estimate of drug-likeness (QED) is 0.928. The van der Waals surface area contributed by atoms with Gasteiger partial charge in [-0.3, -0.25) is 4.90 Å². The van der Waals surface area contributed by atoms with Crippen molar-refractivity contribution < 1.29 is 9.84 Å². The highest BCUT2D eigenvalue weighted by atomic mass is 16.5. The molecule has 2 fully saturated rings. The molecule has 1 aliphatic heterocycles. The molecule has 3 heteroatoms. The number of ether oxygens (including phenoxy) is 1. The van der Waals surface area contributed by atoms with E-state index < -0.39 is 0 Å². The van der Waals surface area contributed by atoms with Gasteiger partial charge in [0, 0.05) is 19.1 Å². The Morgan fingerprint density at radius 3 is 2.50 bits per heavy atom. The third-order valence-corrected chi connectivity index (χ3v) is 5.28. The molecule has 1 aromatic rings. The lowest BCUT2D eigenvalue weighted by molar-refractivity contribution is -0.00701. The average molecular weight is 303 g/mol. The molecule has 0 aromatic heterocycles. The topological polar surface area (TPSA) is 32.7 Å². The zero-order valence-electron chi connectivity index (χ0n) is 13.9. The Kier molecular flexibility index (Phi) is 5.04. The molecule has 0 unspecified atom stereocenters. The predicted octanol–water partition coefficient (Wildman–Crippen LogP) is 3.45. The lowest BCUT2D eigenvalue weighted by Crippen LogP contribution is -2.50. The van der Waals surface area contributed by atoms with Gasteiger partial charge in [0.25, 0.3) is 0 Å². The first-order valence-corrected chi connectivity index (χ1v) is 8.79. The molecule has 1 aromatic carbocycles. The maximum absolute atomic E-state index is 10.2. The first-order valence-electron chi connectivity index (χ1n) is 8.79. The molecule has 1 aliphatic carbocycles. The van der Waals surface area contributed by atoms with E-state index in [2.05, 4.69) is 36.9 Å². The Balaban J connectivity index is 1.54. The van der Waals surface area contributed by atoms with Crippen LogP contribution in [-0.4, -0.2) is 41.3 Å². The van der Waals surface area contributed by atoms with E-state index >= 15 is 0 Å². The summed E-state index contributed by atoms with van der Waals surface area (Å²) in [5.74, 6) is 1.04. The van der Waals surface area contributed by atoms with Crippen LogP contribution in [0.1, 0.15) is 49.7 Å². The predicted molar refractivity (Wildman–Crippen MR) is 89.4 cm³/mol. The molecule has 122 valence electrons. The third kappa shape index (κ3) is 3.64. The van der Waals surface area contributed by atoms with Gasteiger partial charge in [-0.2, -0.15) is 0 Å². The molecule has 2 aliphatic rings. The van der Waals surface area contributed by atoms with E-state index in [0.29, 0.717) is 12.1 Å². The number of nitrogens with zero attached hydrogens (tertiary/aromatic N) is 1. The molecule has 3 rings (SSSR count). The number of aliphatic hydroxyl groups is 1. The van der Waals surface area contributed by atoms with Crippen LogP contribution >= 0.6 is 0 Å². The fourth-order valence-corrected chi connectivity index (χ4v) is 3.86. The first-order chi connectivity index (χ1) is 10.6. The largest absolute Gasteiger partial charge is 0.490 e. The second-order valence-electron chi connectivity index (χ2n) is 7.04. The van der Waals surface area contributed by atoms with Crippen LogP contribution in [0.25, 0.3) is 0 Å². The fraction of sp³-hybridized carbons (Fsp3) is 0.684. The number of aliphatic hydroxyl groups excluding tert-OH is 1. The van der Waals surface area contributed by atoms with Gasteiger partial charge in [-0.05, 0) is 56.7 Å². The van der Waals surface area contributed by atoms with Crippen LogP contribution in [0.15, 0.2) is 18.2 Å². The molecule has 0 radical (unpaired) electrons. The van der Waals surface area contributed by atoms with Gasteiger partial charge < -0.3 is 9.84 Å². The van der Waals surface area contributed by atoms with Crippen molar-refractivity contribution in [1.29, 1.82) is 0 Å². The first kappa shape index (κ1) is 15.8. The highest BCUT2D eigenvalue weighted by Crippen LogP contribution is 2.28. The van der Waals surface area contributed by atoms with Gasteiger partial charge in [0.2, 0.25) is 0 Å². The van der Waals surface area contributed by atoms with Crippen LogP contribution in [0.3, 0.4) is 0 Å². The zero-order chi connectivity index (χ0) is 15.5. The Bertz CT molecular complexity index is 494. The van der Waals surface area contributed by atoms with E-state index in [9.17, 15) is 5.11 Å². The smallest absolute Gasteiger partial charge is 0.122 e. The molecule has 2 atom stereocenters. The van der Waals surface area contributed by atoms with Crippen LogP contribution in [0.2, 0.25) is 0 Å². The third-order valence-electron chi connectivity index (χ3n) is 5.28. The van der Waals surface area contributed by atoms with Crippen molar-refractivity contribution in [2.75, 3.05) is 13.1 Å². The minimum atomic E-state index is -0.120. The van der Waals surface area contributed by atoms with Gasteiger partial charge >= 0.3 is 0 Å². The number of piperidine rings is 1. The Hall–Kier alpha value is -1.06. The summed E-state index contributed by atoms with van der Waals surface area (Å²) in [5, 5.41) is 10.2. The van der Waals surface area contributed by atoms with Gasteiger partial charge in [0.15, 0.2) is 0 Å². The van der Waals surface area contributed by atoms with Crippen molar-refractivity contribution in [2.45, 2.75) is 70.6 Å². The molecule has 22 heavy (non-hydrogen) atoms. The Morgan fingerprint density at radius 2 is 1.77 bits per heavy atom. The highest BCUT2D eigenvalue weighted by molar-refractivity contribution is 5.36. The summed E-state index contributed by atoms with van der Waals surface area (Å²) >= 11 is 0. The SMILES string of the molecule is Cc1ccc(C)c(OC2CCN([C@@H]3CCCC[C@@H]3O)CC2)c1. The summed E-state index contributed by atoms with van der Waals surface area (Å²) in [7, 11) is 0. The van der Waals surface area contributed by atoms with Gasteiger partial charge in [0.1, 0.15) is 11.9 Å². The van der Waals surface area contributed by atoms with E-state index in [0.717, 1.165) is 44.5 Å². The van der Waals surface area contributed by atoms with Gasteiger partial charge in [-0.25, -0.2) is 0 Å². The molecule has 1 N–H and O–H groups in total. The van der Waals surface area contributed by atoms with Crippen molar-refractivity contribution in [3.8, 4) is 5.75 Å². The Labute approximate surface area is 134 Å². The van der Waals surface area contributed by atoms with Crippen LogP contribution in [0, 0.1) is 13.8 Å². The molecule has 0 bridgehead atoms. The van der Waals surface area contributed by atoms with E-state index in [4.69, 9.17) is 4.74 Å². The molecule has 1 saturated carbocycles. The van der Waals surface area contributed by atoms with E-state index in [1.165, 1.54) is 24.0 Å². The van der Waals surface area contributed by atoms with Crippen LogP contribution in [-0.2, 0) is 0 Å². The number of hydrogen-bond donors (Lipinski definition) is 1. The second kappa shape index (κ2) is 7.01. The minimum absolute atomic E-state index is 0.120. The van der Waals surface area contributed by atoms with Crippen molar-refractivity contribution in [3.05, 3.63) is 29.3 Å². The average Bonchev–Trinajstić information content (AvgIpc) is 2.52. The van der Waals surface area contributed by atoms with Gasteiger partial charge in [-0.1, -0.05) is 25.0 Å². The van der Waals surface area contributed by atoms with E-state index in [1.807, 2.05) is 0 Å². The van der Waals surface area contributed by atoms with Gasteiger partial charge in [0.05, 0.1) is 6.10 Å². The lowest BCUT2D eigenvalue weighted by Gasteiger charge is -2.41. The number of benzene rings is 1. The summed E-state index contributed by atoms with van der Waals surface area (Å²) in [5.41, 5.74) is 2.47. The van der Waals surface area contributed by atoms with E-state index in [1.54, 1.807) is 0 Å². The monoisotopic (exact) mass is 303 g/mol. The Morgan fingerprint density at radius 1 is 1.05 bits per heavy atom. The van der Waals surface area contributed by atoms with Crippen molar-refractivity contribution in [3.63, 3.8) is 0 Å². The van der Waals surface area contributed by atoms with Crippen LogP contribution < -0.4 is 4.74 Å². The molecule has 3 nitrogen and oxygen atoms in total. The van der Waals surface area contributed by atoms with Crippen LogP contribution in [0.5, 0.6) is 5.75 Å². The van der Waals surface area contributed by atoms with Crippen molar-refractivity contribution in [2.24, 2.45) is 0 Å². The second-order valence-corrected chi connectivity index (χ2v) is 7.04. The lowest BCUT2D eigenvalue weighted by atomic mass is 9.90. The molecular weight excluding hydrogens is 274 g/mol. The summed E-state index contributed by atoms with van der Waals surface area (Å²) in [6, 6.07) is 6.80. The van der Waals surface area contributed by atoms with Gasteiger partial charge in [-0.15, -0.1) is 0 Å². The highest BCUT2D eigenvalue weighted by Gasteiger charge is 2.31. The zero-order valence-corrected chi connectivity index (χ0v) is 13.9. The molecular formula is C19H29NO2. The summed E-state index contributed by atoms with van der Waals surface area (Å²) < 4.78 is 6.24. The summed E-state index contributed by atoms with van der Waals surface area (Å²) in [6.07, 6.45) is 6.91. The number of rotatable bonds is 3. The summed E-state index contributed by atoms with van der Waals surface area (Å²) in [4.78, 5) is 2.49. The van der Waals surface area contributed by atoms with Crippen molar-refractivity contribution >= 4 is 0 Å². The molecule has 0 spiro atoms. The number of likely N-dealkylation sites (tertiary alicyclic amines) is 1. The van der Waals surface area contributed by atoms with E-state index in [-0.39, 0.29) is 6.10 Å². The normalized spacial score (nSPS) is 27.8. The fourth-order valence-electron chi connectivity index (χ4n) is 3.86. The molecule has 0 amide bonds. The maximum Gasteiger partial charge on any atom is 0.122 e. The number of aryl methyl sites for hydroxylation is 2. The van der Waals surface area contributed by atoms with Crippen LogP contribution in [0.4, 0.5) is 0 Å². The number of hydrogen-bond acceptors (Lipinski definition) is 3. The summed E-state index contributed by atoms with van der Waals surface area (Å²) in [6.45, 7) is 6.33. The molecule has 1 saturated heterocycles. The molecule has 1 heterocycles. The van der Waals surface area contributed by atoms with Crippen molar-refractivity contribution in [1.82, 2.24) is 4.90 Å². The standard InChI is InChI=1S/C19H29NO2/c1-14-7-8-15(2)19(13-14)22-16-9-11-20(12-10-16)17-5-3-4-6-18(17)21/h7-8,13,16-18,21H,3-6,9-12H2,1-2H3/t17-,18+/m1/s1.